The standard InChI is InChI=1S/C12H16ClN3O/c1-3-8(2)7-15-12(17)16-11-5-4-9(14)6-10(11)13/h4-7H,3,14H2,1-2H3,(H2,15,16,17)/b8-7+. The molecule has 17 heavy (non-hydrogen) atoms. The molecule has 92 valence electrons. The lowest BCUT2D eigenvalue weighted by Crippen LogP contribution is -2.24. The van der Waals surface area contributed by atoms with E-state index in [0.29, 0.717) is 16.4 Å². The first-order valence-corrected chi connectivity index (χ1v) is 5.69. The molecular weight excluding hydrogens is 238 g/mol. The van der Waals surface area contributed by atoms with Crippen LogP contribution in [0.3, 0.4) is 0 Å². The number of nitrogens with one attached hydrogen (secondary N) is 2. The van der Waals surface area contributed by atoms with Crippen molar-refractivity contribution >= 4 is 29.0 Å². The number of urea groups is 1. The first-order chi connectivity index (χ1) is 8.02. The predicted molar refractivity (Wildman–Crippen MR) is 72.1 cm³/mol. The summed E-state index contributed by atoms with van der Waals surface area (Å²) in [6.45, 7) is 3.96. The number of halogens is 1. The van der Waals surface area contributed by atoms with Crippen molar-refractivity contribution in [2.75, 3.05) is 11.1 Å². The van der Waals surface area contributed by atoms with Crippen molar-refractivity contribution in [1.82, 2.24) is 5.32 Å². The Morgan fingerprint density at radius 2 is 2.24 bits per heavy atom. The highest BCUT2D eigenvalue weighted by Crippen LogP contribution is 2.23. The minimum absolute atomic E-state index is 0.329. The number of amides is 2. The largest absolute Gasteiger partial charge is 0.399 e. The van der Waals surface area contributed by atoms with Gasteiger partial charge in [0.25, 0.3) is 0 Å². The molecule has 0 aliphatic rings. The summed E-state index contributed by atoms with van der Waals surface area (Å²) >= 11 is 5.93. The number of allylic oxidation sites excluding steroid dienone is 1. The fourth-order valence-electron chi connectivity index (χ4n) is 1.08. The lowest BCUT2D eigenvalue weighted by atomic mass is 10.2. The molecule has 0 unspecified atom stereocenters. The number of nitrogens with two attached hydrogens (primary N) is 1. The monoisotopic (exact) mass is 253 g/mol. The van der Waals surface area contributed by atoms with Crippen LogP contribution in [0.25, 0.3) is 0 Å². The zero-order valence-electron chi connectivity index (χ0n) is 9.88. The van der Waals surface area contributed by atoms with Gasteiger partial charge in [-0.1, -0.05) is 24.1 Å². The van der Waals surface area contributed by atoms with Gasteiger partial charge in [0.05, 0.1) is 10.7 Å². The van der Waals surface area contributed by atoms with Crippen molar-refractivity contribution in [3.8, 4) is 0 Å². The molecule has 4 N–H and O–H groups in total. The van der Waals surface area contributed by atoms with Crippen LogP contribution in [0.2, 0.25) is 5.02 Å². The van der Waals surface area contributed by atoms with Crippen LogP contribution < -0.4 is 16.4 Å². The lowest BCUT2D eigenvalue weighted by Gasteiger charge is -2.07. The topological polar surface area (TPSA) is 67.2 Å². The van der Waals surface area contributed by atoms with Gasteiger partial charge >= 0.3 is 6.03 Å². The third-order valence-electron chi connectivity index (χ3n) is 2.25. The summed E-state index contributed by atoms with van der Waals surface area (Å²) in [5.41, 5.74) is 7.73. The van der Waals surface area contributed by atoms with Crippen molar-refractivity contribution in [2.24, 2.45) is 0 Å². The Kier molecular flexibility index (Phi) is 4.84. The maximum Gasteiger partial charge on any atom is 0.323 e. The smallest absolute Gasteiger partial charge is 0.323 e. The van der Waals surface area contributed by atoms with Crippen LogP contribution in [0.4, 0.5) is 16.2 Å². The average Bonchev–Trinajstić information content (AvgIpc) is 2.29. The van der Waals surface area contributed by atoms with Gasteiger partial charge in [0.15, 0.2) is 0 Å². The van der Waals surface area contributed by atoms with Crippen LogP contribution in [-0.2, 0) is 0 Å². The van der Waals surface area contributed by atoms with E-state index in [-0.39, 0.29) is 6.03 Å². The molecule has 0 radical (unpaired) electrons. The van der Waals surface area contributed by atoms with E-state index in [2.05, 4.69) is 10.6 Å². The van der Waals surface area contributed by atoms with Crippen LogP contribution >= 0.6 is 11.6 Å². The summed E-state index contributed by atoms with van der Waals surface area (Å²) in [6.07, 6.45) is 2.56. The van der Waals surface area contributed by atoms with Crippen LogP contribution in [0.1, 0.15) is 20.3 Å². The molecular formula is C12H16ClN3O. The summed E-state index contributed by atoms with van der Waals surface area (Å²) in [5.74, 6) is 0. The van der Waals surface area contributed by atoms with E-state index in [4.69, 9.17) is 17.3 Å². The Balaban J connectivity index is 2.62. The van der Waals surface area contributed by atoms with Crippen LogP contribution in [0.15, 0.2) is 30.0 Å². The van der Waals surface area contributed by atoms with E-state index < -0.39 is 0 Å². The molecule has 0 saturated carbocycles. The van der Waals surface area contributed by atoms with E-state index in [0.717, 1.165) is 12.0 Å². The summed E-state index contributed by atoms with van der Waals surface area (Å²) < 4.78 is 0. The maximum absolute atomic E-state index is 11.5. The second kappa shape index (κ2) is 6.15. The Morgan fingerprint density at radius 1 is 1.53 bits per heavy atom. The normalized spacial score (nSPS) is 11.1. The minimum atomic E-state index is -0.329. The van der Waals surface area contributed by atoms with Gasteiger partial charge in [0, 0.05) is 11.9 Å². The van der Waals surface area contributed by atoms with Crippen LogP contribution in [0, 0.1) is 0 Å². The summed E-state index contributed by atoms with van der Waals surface area (Å²) in [4.78, 5) is 11.5. The summed E-state index contributed by atoms with van der Waals surface area (Å²) in [6, 6.07) is 4.59. The quantitative estimate of drug-likeness (QED) is 0.723. The average molecular weight is 254 g/mol. The van der Waals surface area contributed by atoms with E-state index in [1.165, 1.54) is 0 Å². The summed E-state index contributed by atoms with van der Waals surface area (Å²) in [7, 11) is 0. The zero-order chi connectivity index (χ0) is 12.8. The van der Waals surface area contributed by atoms with Gasteiger partial charge in [0.2, 0.25) is 0 Å². The lowest BCUT2D eigenvalue weighted by molar-refractivity contribution is 0.255. The van der Waals surface area contributed by atoms with E-state index in [1.807, 2.05) is 13.8 Å². The molecule has 1 rings (SSSR count). The number of benzene rings is 1. The molecule has 0 aliphatic carbocycles. The Bertz CT molecular complexity index is 443. The predicted octanol–water partition coefficient (Wildman–Crippen LogP) is 3.36. The molecule has 0 saturated heterocycles. The van der Waals surface area contributed by atoms with Gasteiger partial charge in [0.1, 0.15) is 0 Å². The van der Waals surface area contributed by atoms with Crippen molar-refractivity contribution < 1.29 is 4.79 Å². The van der Waals surface area contributed by atoms with Crippen molar-refractivity contribution in [2.45, 2.75) is 20.3 Å². The molecule has 0 spiro atoms. The van der Waals surface area contributed by atoms with Crippen molar-refractivity contribution in [3.63, 3.8) is 0 Å². The van der Waals surface area contributed by atoms with Crippen LogP contribution in [0.5, 0.6) is 0 Å². The van der Waals surface area contributed by atoms with Gasteiger partial charge in [-0.3, -0.25) is 0 Å². The Morgan fingerprint density at radius 3 is 2.82 bits per heavy atom. The number of carbonyl (C=O) groups excluding carboxylic acids is 1. The van der Waals surface area contributed by atoms with E-state index in [1.54, 1.807) is 24.4 Å². The fourth-order valence-corrected chi connectivity index (χ4v) is 1.32. The van der Waals surface area contributed by atoms with Crippen LogP contribution in [-0.4, -0.2) is 6.03 Å². The zero-order valence-corrected chi connectivity index (χ0v) is 10.6. The molecule has 5 heteroatoms. The van der Waals surface area contributed by atoms with Crippen molar-refractivity contribution in [1.29, 1.82) is 0 Å². The number of carbonyl (C=O) groups is 1. The SMILES string of the molecule is CC/C(C)=C/NC(=O)Nc1ccc(N)cc1Cl. The van der Waals surface area contributed by atoms with Crippen molar-refractivity contribution in [3.05, 3.63) is 35.0 Å². The summed E-state index contributed by atoms with van der Waals surface area (Å²) in [5, 5.41) is 5.67. The number of rotatable bonds is 3. The van der Waals surface area contributed by atoms with Gasteiger partial charge in [-0.05, 0) is 31.5 Å². The number of anilines is 2. The molecule has 1 aromatic carbocycles. The second-order valence-electron chi connectivity index (χ2n) is 3.68. The molecule has 1 aromatic rings. The van der Waals surface area contributed by atoms with Gasteiger partial charge in [-0.2, -0.15) is 0 Å². The van der Waals surface area contributed by atoms with E-state index in [9.17, 15) is 4.79 Å². The van der Waals surface area contributed by atoms with Gasteiger partial charge in [-0.25, -0.2) is 4.79 Å². The molecule has 0 aliphatic heterocycles. The molecule has 0 atom stereocenters. The third kappa shape index (κ3) is 4.36. The minimum Gasteiger partial charge on any atom is -0.399 e. The molecule has 0 bridgehead atoms. The molecule has 0 fully saturated rings. The third-order valence-corrected chi connectivity index (χ3v) is 2.56. The fraction of sp³-hybridized carbons (Fsp3) is 0.250. The highest BCUT2D eigenvalue weighted by molar-refractivity contribution is 6.34. The first-order valence-electron chi connectivity index (χ1n) is 5.31. The maximum atomic E-state index is 11.5. The Labute approximate surface area is 106 Å². The molecule has 0 heterocycles. The number of hydrogen-bond acceptors (Lipinski definition) is 2. The number of nitrogen functional groups attached to an aromatic ring is 1. The highest BCUT2D eigenvalue weighted by Gasteiger charge is 2.04. The second-order valence-corrected chi connectivity index (χ2v) is 4.09. The van der Waals surface area contributed by atoms with E-state index >= 15 is 0 Å². The Hall–Kier alpha value is -1.68. The highest BCUT2D eigenvalue weighted by atomic mass is 35.5. The molecule has 2 amide bonds. The molecule has 0 aromatic heterocycles. The van der Waals surface area contributed by atoms with Gasteiger partial charge in [-0.15, -0.1) is 0 Å². The molecule has 4 nitrogen and oxygen atoms in total. The number of hydrogen-bond donors (Lipinski definition) is 3. The first kappa shape index (κ1) is 13.4. The van der Waals surface area contributed by atoms with Gasteiger partial charge < -0.3 is 16.4 Å².